The first-order valence-corrected chi connectivity index (χ1v) is 7.28. The van der Waals surface area contributed by atoms with Crippen molar-refractivity contribution in [2.24, 2.45) is 0 Å². The molecule has 21 heavy (non-hydrogen) atoms. The summed E-state index contributed by atoms with van der Waals surface area (Å²) in [4.78, 5) is 19.0. The Labute approximate surface area is 124 Å². The predicted octanol–water partition coefficient (Wildman–Crippen LogP) is 2.10. The third kappa shape index (κ3) is 2.81. The molecule has 1 aliphatic heterocycles. The number of amides is 1. The van der Waals surface area contributed by atoms with E-state index in [9.17, 15) is 4.79 Å². The topological polar surface area (TPSA) is 45.2 Å². The molecule has 1 saturated heterocycles. The van der Waals surface area contributed by atoms with Gasteiger partial charge >= 0.3 is 0 Å². The number of piperazine rings is 1. The Bertz CT molecular complexity index is 634. The zero-order chi connectivity index (χ0) is 14.7. The summed E-state index contributed by atoms with van der Waals surface area (Å²) in [6.07, 6.45) is 1.78. The molecular weight excluding hydrogens is 262 g/mol. The molecule has 1 fully saturated rings. The number of aromatic nitrogens is 1. The number of carbonyl (C=O) groups excluding carboxylic acids is 1. The number of nitrogens with one attached hydrogen (secondary N) is 1. The third-order valence-electron chi connectivity index (χ3n) is 3.91. The molecule has 2 aromatic rings. The maximum Gasteiger partial charge on any atom is 0.254 e. The molecule has 0 bridgehead atoms. The number of hydrogen-bond donors (Lipinski definition) is 1. The Kier molecular flexibility index (Phi) is 3.97. The SMILES string of the molecule is Cc1c(C(=O)N2CCNCC2)cccc1-c1ccccn1. The second-order valence-corrected chi connectivity index (χ2v) is 5.24. The van der Waals surface area contributed by atoms with Crippen LogP contribution < -0.4 is 5.32 Å². The quantitative estimate of drug-likeness (QED) is 0.917. The van der Waals surface area contributed by atoms with Crippen molar-refractivity contribution in [1.82, 2.24) is 15.2 Å². The summed E-state index contributed by atoms with van der Waals surface area (Å²) in [6.45, 7) is 5.27. The first-order valence-electron chi connectivity index (χ1n) is 7.28. The Morgan fingerprint density at radius 1 is 1.14 bits per heavy atom. The van der Waals surface area contributed by atoms with Gasteiger partial charge in [-0.15, -0.1) is 0 Å². The van der Waals surface area contributed by atoms with Crippen LogP contribution in [0.4, 0.5) is 0 Å². The van der Waals surface area contributed by atoms with Gasteiger partial charge in [-0.3, -0.25) is 9.78 Å². The summed E-state index contributed by atoms with van der Waals surface area (Å²) in [7, 11) is 0. The van der Waals surface area contributed by atoms with Crippen LogP contribution in [0.1, 0.15) is 15.9 Å². The molecule has 1 N–H and O–H groups in total. The molecule has 0 unspecified atom stereocenters. The second kappa shape index (κ2) is 6.06. The highest BCUT2D eigenvalue weighted by Crippen LogP contribution is 2.24. The number of benzene rings is 1. The maximum atomic E-state index is 12.7. The van der Waals surface area contributed by atoms with Crippen molar-refractivity contribution in [3.05, 3.63) is 53.7 Å². The number of pyridine rings is 1. The summed E-state index contributed by atoms with van der Waals surface area (Å²) >= 11 is 0. The van der Waals surface area contributed by atoms with Gasteiger partial charge in [0.05, 0.1) is 5.69 Å². The van der Waals surface area contributed by atoms with Crippen molar-refractivity contribution in [2.45, 2.75) is 6.92 Å². The van der Waals surface area contributed by atoms with E-state index in [1.54, 1.807) is 6.20 Å². The first kappa shape index (κ1) is 13.8. The van der Waals surface area contributed by atoms with Crippen LogP contribution in [0.5, 0.6) is 0 Å². The smallest absolute Gasteiger partial charge is 0.254 e. The van der Waals surface area contributed by atoms with Crippen molar-refractivity contribution in [2.75, 3.05) is 26.2 Å². The van der Waals surface area contributed by atoms with Crippen LogP contribution in [-0.4, -0.2) is 42.0 Å². The van der Waals surface area contributed by atoms with Gasteiger partial charge in [0.25, 0.3) is 5.91 Å². The third-order valence-corrected chi connectivity index (χ3v) is 3.91. The predicted molar refractivity (Wildman–Crippen MR) is 83.2 cm³/mol. The number of hydrogen-bond acceptors (Lipinski definition) is 3. The second-order valence-electron chi connectivity index (χ2n) is 5.24. The molecule has 1 amide bonds. The van der Waals surface area contributed by atoms with Crippen molar-refractivity contribution < 1.29 is 4.79 Å². The lowest BCUT2D eigenvalue weighted by atomic mass is 9.98. The molecular formula is C17H19N3O. The fourth-order valence-electron chi connectivity index (χ4n) is 2.71. The normalized spacial score (nSPS) is 15.0. The Morgan fingerprint density at radius 3 is 2.67 bits per heavy atom. The molecule has 0 aliphatic carbocycles. The summed E-state index contributed by atoms with van der Waals surface area (Å²) in [6, 6.07) is 11.7. The van der Waals surface area contributed by atoms with Crippen LogP contribution in [0, 0.1) is 6.92 Å². The number of rotatable bonds is 2. The Hall–Kier alpha value is -2.20. The summed E-state index contributed by atoms with van der Waals surface area (Å²) in [5, 5.41) is 3.27. The lowest BCUT2D eigenvalue weighted by Crippen LogP contribution is -2.46. The molecule has 1 aromatic carbocycles. The van der Waals surface area contributed by atoms with Crippen LogP contribution in [0.25, 0.3) is 11.3 Å². The summed E-state index contributed by atoms with van der Waals surface area (Å²) in [5.41, 5.74) is 3.71. The van der Waals surface area contributed by atoms with E-state index in [1.807, 2.05) is 48.2 Å². The molecule has 0 saturated carbocycles. The Balaban J connectivity index is 1.95. The van der Waals surface area contributed by atoms with Crippen LogP contribution >= 0.6 is 0 Å². The molecule has 1 aromatic heterocycles. The van der Waals surface area contributed by atoms with Crippen LogP contribution in [-0.2, 0) is 0 Å². The van der Waals surface area contributed by atoms with E-state index in [0.29, 0.717) is 0 Å². The minimum Gasteiger partial charge on any atom is -0.336 e. The highest BCUT2D eigenvalue weighted by atomic mass is 16.2. The highest BCUT2D eigenvalue weighted by molar-refractivity contribution is 5.97. The van der Waals surface area contributed by atoms with E-state index >= 15 is 0 Å². The van der Waals surface area contributed by atoms with E-state index < -0.39 is 0 Å². The lowest BCUT2D eigenvalue weighted by molar-refractivity contribution is 0.0735. The van der Waals surface area contributed by atoms with Gasteiger partial charge in [0.1, 0.15) is 0 Å². The molecule has 108 valence electrons. The lowest BCUT2D eigenvalue weighted by Gasteiger charge is -2.28. The summed E-state index contributed by atoms with van der Waals surface area (Å²) < 4.78 is 0. The molecule has 2 heterocycles. The average molecular weight is 281 g/mol. The van der Waals surface area contributed by atoms with E-state index in [2.05, 4.69) is 10.3 Å². The Morgan fingerprint density at radius 2 is 1.95 bits per heavy atom. The minimum atomic E-state index is 0.117. The van der Waals surface area contributed by atoms with Crippen LogP contribution in [0.3, 0.4) is 0 Å². The van der Waals surface area contributed by atoms with Crippen molar-refractivity contribution in [3.8, 4) is 11.3 Å². The van der Waals surface area contributed by atoms with E-state index in [1.165, 1.54) is 0 Å². The molecule has 4 heteroatoms. The molecule has 0 radical (unpaired) electrons. The van der Waals surface area contributed by atoms with Gasteiger partial charge in [0.15, 0.2) is 0 Å². The molecule has 4 nitrogen and oxygen atoms in total. The van der Waals surface area contributed by atoms with Gasteiger partial charge in [-0.1, -0.05) is 18.2 Å². The zero-order valence-electron chi connectivity index (χ0n) is 12.2. The number of nitrogens with zero attached hydrogens (tertiary/aromatic N) is 2. The van der Waals surface area contributed by atoms with E-state index in [4.69, 9.17) is 0 Å². The number of carbonyl (C=O) groups is 1. The van der Waals surface area contributed by atoms with Gasteiger partial charge in [-0.2, -0.15) is 0 Å². The fourth-order valence-corrected chi connectivity index (χ4v) is 2.71. The van der Waals surface area contributed by atoms with Gasteiger partial charge < -0.3 is 10.2 Å². The molecule has 1 aliphatic rings. The van der Waals surface area contributed by atoms with Crippen molar-refractivity contribution in [3.63, 3.8) is 0 Å². The van der Waals surface area contributed by atoms with Crippen LogP contribution in [0.15, 0.2) is 42.6 Å². The van der Waals surface area contributed by atoms with Gasteiger partial charge in [0, 0.05) is 43.5 Å². The zero-order valence-corrected chi connectivity index (χ0v) is 12.2. The van der Waals surface area contributed by atoms with Gasteiger partial charge in [-0.25, -0.2) is 0 Å². The highest BCUT2D eigenvalue weighted by Gasteiger charge is 2.20. The van der Waals surface area contributed by atoms with Crippen molar-refractivity contribution >= 4 is 5.91 Å². The minimum absolute atomic E-state index is 0.117. The fraction of sp³-hybridized carbons (Fsp3) is 0.294. The van der Waals surface area contributed by atoms with E-state index in [-0.39, 0.29) is 5.91 Å². The summed E-state index contributed by atoms with van der Waals surface area (Å²) in [5.74, 6) is 0.117. The van der Waals surface area contributed by atoms with Gasteiger partial charge in [-0.05, 0) is 30.7 Å². The standard InChI is InChI=1S/C17H19N3O/c1-13-14(16-7-2-3-8-19-16)5-4-6-15(13)17(21)20-11-9-18-10-12-20/h2-8,18H,9-12H2,1H3. The van der Waals surface area contributed by atoms with Crippen LogP contribution in [0.2, 0.25) is 0 Å². The molecule has 3 rings (SSSR count). The molecule has 0 atom stereocenters. The van der Waals surface area contributed by atoms with Crippen molar-refractivity contribution in [1.29, 1.82) is 0 Å². The van der Waals surface area contributed by atoms with Gasteiger partial charge in [0.2, 0.25) is 0 Å². The first-order chi connectivity index (χ1) is 10.3. The molecule has 0 spiro atoms. The van der Waals surface area contributed by atoms with E-state index in [0.717, 1.165) is 48.6 Å². The largest absolute Gasteiger partial charge is 0.336 e. The average Bonchev–Trinajstić information content (AvgIpc) is 2.56. The monoisotopic (exact) mass is 281 g/mol. The maximum absolute atomic E-state index is 12.7.